The quantitative estimate of drug-likeness (QED) is 0.407. The number of benzene rings is 3. The summed E-state index contributed by atoms with van der Waals surface area (Å²) in [7, 11) is 0. The van der Waals surface area contributed by atoms with E-state index in [4.69, 9.17) is 4.98 Å². The summed E-state index contributed by atoms with van der Waals surface area (Å²) in [5, 5.41) is 2.51. The molecule has 0 aliphatic carbocycles. The van der Waals surface area contributed by atoms with E-state index in [9.17, 15) is 0 Å². The van der Waals surface area contributed by atoms with Crippen LogP contribution in [0.5, 0.6) is 0 Å². The minimum atomic E-state index is 0.176. The number of rotatable bonds is 3. The van der Waals surface area contributed by atoms with Crippen LogP contribution in [0.3, 0.4) is 0 Å². The van der Waals surface area contributed by atoms with Crippen molar-refractivity contribution in [2.75, 3.05) is 0 Å². The molecule has 0 fully saturated rings. The molecule has 5 rings (SSSR count). The molecule has 0 aliphatic rings. The second kappa shape index (κ2) is 6.70. The zero-order chi connectivity index (χ0) is 18.2. The van der Waals surface area contributed by atoms with E-state index in [1.165, 1.54) is 31.0 Å². The molecule has 0 radical (unpaired) electrons. The normalized spacial score (nSPS) is 11.3. The summed E-state index contributed by atoms with van der Waals surface area (Å²) < 4.78 is 4.89. The molecule has 2 heterocycles. The molecule has 27 heavy (non-hydrogen) atoms. The first-order valence-corrected chi connectivity index (χ1v) is 10.7. The zero-order valence-electron chi connectivity index (χ0n) is 15.0. The molecular weight excluding hydrogens is 395 g/mol. The topological polar surface area (TPSA) is 17.3 Å². The summed E-state index contributed by atoms with van der Waals surface area (Å²) in [4.78, 5) is 4.98. The second-order valence-electron chi connectivity index (χ2n) is 6.67. The molecule has 0 saturated heterocycles. The van der Waals surface area contributed by atoms with Crippen molar-refractivity contribution in [3.05, 3.63) is 96.7 Å². The van der Waals surface area contributed by atoms with Gasteiger partial charge in [-0.25, -0.2) is 0 Å². The number of hydrogen-bond donors (Lipinski definition) is 0. The van der Waals surface area contributed by atoms with E-state index < -0.39 is 0 Å². The first kappa shape index (κ1) is 16.3. The van der Waals surface area contributed by atoms with Crippen molar-refractivity contribution in [3.8, 4) is 11.3 Å². The molecule has 3 heteroatoms. The molecule has 0 spiro atoms. The van der Waals surface area contributed by atoms with Gasteiger partial charge in [0.05, 0.1) is 0 Å². The number of pyridine rings is 1. The van der Waals surface area contributed by atoms with Crippen molar-refractivity contribution in [2.24, 2.45) is 0 Å². The molecule has 0 aliphatic heterocycles. The van der Waals surface area contributed by atoms with E-state index in [0.717, 1.165) is 11.3 Å². The van der Waals surface area contributed by atoms with Crippen molar-refractivity contribution in [2.45, 2.75) is 6.92 Å². The molecule has 0 atom stereocenters. The summed E-state index contributed by atoms with van der Waals surface area (Å²) in [6.07, 6.45) is 2.12. The van der Waals surface area contributed by atoms with Crippen molar-refractivity contribution in [1.29, 1.82) is 0 Å². The van der Waals surface area contributed by atoms with E-state index in [0.29, 0.717) is 0 Å². The predicted octanol–water partition coefficient (Wildman–Crippen LogP) is 4.12. The summed E-state index contributed by atoms with van der Waals surface area (Å²) in [5.74, 6) is 0. The van der Waals surface area contributed by atoms with Crippen LogP contribution < -0.4 is 9.05 Å². The standard InChI is InChI=1S/C24H18N2Se/c1-17-9-13-21(14-10-17)27-24-23(25-22-8-4-5-15-26(22)24)20-12-11-18-6-2-3-7-19(18)16-20/h2-16H,1H3. The van der Waals surface area contributed by atoms with Crippen molar-refractivity contribution >= 4 is 40.4 Å². The van der Waals surface area contributed by atoms with Gasteiger partial charge in [0.25, 0.3) is 0 Å². The molecule has 0 saturated carbocycles. The van der Waals surface area contributed by atoms with E-state index in [2.05, 4.69) is 102 Å². The number of nitrogens with zero attached hydrogens (tertiary/aromatic N) is 2. The van der Waals surface area contributed by atoms with Gasteiger partial charge >= 0.3 is 165 Å². The molecule has 0 amide bonds. The molecule has 130 valence electrons. The van der Waals surface area contributed by atoms with Crippen molar-refractivity contribution in [1.82, 2.24) is 9.38 Å². The van der Waals surface area contributed by atoms with Gasteiger partial charge in [-0.15, -0.1) is 0 Å². The Bertz CT molecular complexity index is 1250. The first-order valence-electron chi connectivity index (χ1n) is 8.99. The van der Waals surface area contributed by atoms with Gasteiger partial charge in [0.15, 0.2) is 0 Å². The predicted molar refractivity (Wildman–Crippen MR) is 114 cm³/mol. The van der Waals surface area contributed by atoms with Crippen LogP contribution in [0.2, 0.25) is 0 Å². The second-order valence-corrected chi connectivity index (χ2v) is 8.90. The summed E-state index contributed by atoms with van der Waals surface area (Å²) in [6.45, 7) is 2.13. The fourth-order valence-corrected chi connectivity index (χ4v) is 5.43. The Morgan fingerprint density at radius 1 is 0.778 bits per heavy atom. The number of imidazole rings is 1. The van der Waals surface area contributed by atoms with Crippen LogP contribution >= 0.6 is 0 Å². The van der Waals surface area contributed by atoms with Gasteiger partial charge in [0, 0.05) is 0 Å². The Hall–Kier alpha value is -2.87. The summed E-state index contributed by atoms with van der Waals surface area (Å²) in [6, 6.07) is 30.2. The molecular formula is C24H18N2Se. The van der Waals surface area contributed by atoms with Crippen molar-refractivity contribution in [3.63, 3.8) is 0 Å². The number of aromatic nitrogens is 2. The maximum absolute atomic E-state index is 4.98. The maximum atomic E-state index is 4.98. The fraction of sp³-hybridized carbons (Fsp3) is 0.0417. The minimum absolute atomic E-state index is 0.176. The Morgan fingerprint density at radius 3 is 2.41 bits per heavy atom. The molecule has 0 unspecified atom stereocenters. The molecule has 3 aromatic carbocycles. The van der Waals surface area contributed by atoms with Gasteiger partial charge in [-0.1, -0.05) is 0 Å². The van der Waals surface area contributed by atoms with Crippen molar-refractivity contribution < 1.29 is 0 Å². The molecule has 0 bridgehead atoms. The van der Waals surface area contributed by atoms with E-state index >= 15 is 0 Å². The average molecular weight is 413 g/mol. The number of aryl methyl sites for hydroxylation is 1. The van der Waals surface area contributed by atoms with Crippen LogP contribution in [0.4, 0.5) is 0 Å². The Labute approximate surface area is 164 Å². The third kappa shape index (κ3) is 3.06. The van der Waals surface area contributed by atoms with Crippen LogP contribution in [-0.2, 0) is 0 Å². The Kier molecular flexibility index (Phi) is 4.05. The van der Waals surface area contributed by atoms with E-state index in [1.807, 2.05) is 0 Å². The third-order valence-corrected chi connectivity index (χ3v) is 7.03. The zero-order valence-corrected chi connectivity index (χ0v) is 16.7. The SMILES string of the molecule is Cc1ccc([Se]c2c(-c3ccc4ccccc4c3)nc3ccccn23)cc1. The molecule has 2 nitrogen and oxygen atoms in total. The molecule has 5 aromatic rings. The number of hydrogen-bond acceptors (Lipinski definition) is 1. The van der Waals surface area contributed by atoms with Crippen LogP contribution in [0.1, 0.15) is 5.56 Å². The monoisotopic (exact) mass is 414 g/mol. The van der Waals surface area contributed by atoms with Crippen LogP contribution in [0, 0.1) is 6.92 Å². The van der Waals surface area contributed by atoms with E-state index in [-0.39, 0.29) is 15.0 Å². The Morgan fingerprint density at radius 2 is 1.56 bits per heavy atom. The van der Waals surface area contributed by atoms with E-state index in [1.54, 1.807) is 0 Å². The van der Waals surface area contributed by atoms with Crippen LogP contribution in [0.25, 0.3) is 27.7 Å². The Balaban J connectivity index is 1.69. The summed E-state index contributed by atoms with van der Waals surface area (Å²) >= 11 is 0.176. The van der Waals surface area contributed by atoms with Crippen LogP contribution in [-0.4, -0.2) is 24.3 Å². The van der Waals surface area contributed by atoms with Crippen LogP contribution in [0.15, 0.2) is 91.1 Å². The number of fused-ring (bicyclic) bond motifs is 2. The van der Waals surface area contributed by atoms with Gasteiger partial charge in [-0.05, 0) is 0 Å². The fourth-order valence-electron chi connectivity index (χ4n) is 3.31. The van der Waals surface area contributed by atoms with Gasteiger partial charge in [0.2, 0.25) is 0 Å². The third-order valence-electron chi connectivity index (χ3n) is 4.74. The van der Waals surface area contributed by atoms with Gasteiger partial charge in [0.1, 0.15) is 0 Å². The van der Waals surface area contributed by atoms with Gasteiger partial charge < -0.3 is 0 Å². The molecule has 0 N–H and O–H groups in total. The molecule has 2 aromatic heterocycles. The average Bonchev–Trinajstić information content (AvgIpc) is 3.08. The van der Waals surface area contributed by atoms with Gasteiger partial charge in [-0.3, -0.25) is 0 Å². The van der Waals surface area contributed by atoms with Gasteiger partial charge in [-0.2, -0.15) is 0 Å². The summed E-state index contributed by atoms with van der Waals surface area (Å²) in [5.41, 5.74) is 4.57. The first-order chi connectivity index (χ1) is 13.3.